The predicted octanol–water partition coefficient (Wildman–Crippen LogP) is 2.88. The molecule has 24 heavy (non-hydrogen) atoms. The Kier molecular flexibility index (Phi) is 4.71. The van der Waals surface area contributed by atoms with Gasteiger partial charge in [0.05, 0.1) is 16.9 Å². The van der Waals surface area contributed by atoms with Gasteiger partial charge in [0.2, 0.25) is 10.0 Å². The molecule has 0 unspecified atom stereocenters. The van der Waals surface area contributed by atoms with Crippen LogP contribution in [-0.2, 0) is 19.6 Å². The SMILES string of the molecule is CCOC(=O)[C@@]12CCCC[C@@H]1N(S(=O)(=O)c1ccc(C)cc1)CC2. The van der Waals surface area contributed by atoms with Crippen LogP contribution < -0.4 is 0 Å². The van der Waals surface area contributed by atoms with Gasteiger partial charge in [0.25, 0.3) is 0 Å². The van der Waals surface area contributed by atoms with Crippen molar-refractivity contribution in [2.45, 2.75) is 56.9 Å². The number of carbonyl (C=O) groups is 1. The van der Waals surface area contributed by atoms with E-state index >= 15 is 0 Å². The minimum atomic E-state index is -3.59. The largest absolute Gasteiger partial charge is 0.466 e. The number of benzene rings is 1. The number of ether oxygens (including phenoxy) is 1. The van der Waals surface area contributed by atoms with Crippen LogP contribution in [0.1, 0.15) is 44.6 Å². The fourth-order valence-electron chi connectivity index (χ4n) is 4.15. The highest BCUT2D eigenvalue weighted by Gasteiger charge is 2.57. The van der Waals surface area contributed by atoms with Crippen LogP contribution in [0.2, 0.25) is 0 Å². The summed E-state index contributed by atoms with van der Waals surface area (Å²) in [5, 5.41) is 0. The van der Waals surface area contributed by atoms with Gasteiger partial charge in [-0.15, -0.1) is 0 Å². The number of fused-ring (bicyclic) bond motifs is 1. The maximum atomic E-state index is 13.1. The van der Waals surface area contributed by atoms with E-state index in [4.69, 9.17) is 4.74 Å². The van der Waals surface area contributed by atoms with Gasteiger partial charge in [-0.1, -0.05) is 30.5 Å². The first-order valence-corrected chi connectivity index (χ1v) is 10.1. The molecule has 132 valence electrons. The van der Waals surface area contributed by atoms with Crippen LogP contribution >= 0.6 is 0 Å². The van der Waals surface area contributed by atoms with Crippen molar-refractivity contribution in [1.29, 1.82) is 0 Å². The van der Waals surface area contributed by atoms with Crippen molar-refractivity contribution >= 4 is 16.0 Å². The van der Waals surface area contributed by atoms with E-state index in [0.29, 0.717) is 24.5 Å². The van der Waals surface area contributed by atoms with Gasteiger partial charge in [-0.25, -0.2) is 8.42 Å². The summed E-state index contributed by atoms with van der Waals surface area (Å²) in [6, 6.07) is 6.64. The molecule has 0 N–H and O–H groups in total. The minimum absolute atomic E-state index is 0.226. The Morgan fingerprint density at radius 1 is 1.25 bits per heavy atom. The van der Waals surface area contributed by atoms with Gasteiger partial charge < -0.3 is 4.74 Å². The molecule has 1 aromatic carbocycles. The second kappa shape index (κ2) is 6.48. The van der Waals surface area contributed by atoms with E-state index in [2.05, 4.69) is 0 Å². The van der Waals surface area contributed by atoms with E-state index in [1.165, 1.54) is 0 Å². The molecule has 2 atom stereocenters. The van der Waals surface area contributed by atoms with Crippen LogP contribution in [0.4, 0.5) is 0 Å². The molecule has 0 aromatic heterocycles. The molecule has 1 aliphatic carbocycles. The Morgan fingerprint density at radius 3 is 2.62 bits per heavy atom. The minimum Gasteiger partial charge on any atom is -0.466 e. The van der Waals surface area contributed by atoms with Crippen LogP contribution in [0.5, 0.6) is 0 Å². The molecule has 0 bridgehead atoms. The van der Waals surface area contributed by atoms with Gasteiger partial charge in [0, 0.05) is 12.6 Å². The summed E-state index contributed by atoms with van der Waals surface area (Å²) in [5.74, 6) is -0.226. The lowest BCUT2D eigenvalue weighted by atomic mass is 9.70. The summed E-state index contributed by atoms with van der Waals surface area (Å²) in [4.78, 5) is 12.9. The summed E-state index contributed by atoms with van der Waals surface area (Å²) in [7, 11) is -3.59. The number of aryl methyl sites for hydroxylation is 1. The summed E-state index contributed by atoms with van der Waals surface area (Å²) in [6.07, 6.45) is 3.90. The van der Waals surface area contributed by atoms with Gasteiger partial charge in [-0.3, -0.25) is 4.79 Å². The van der Waals surface area contributed by atoms with Crippen molar-refractivity contribution in [3.63, 3.8) is 0 Å². The molecule has 0 radical (unpaired) electrons. The molecule has 2 aliphatic rings. The molecule has 1 aromatic rings. The van der Waals surface area contributed by atoms with E-state index < -0.39 is 15.4 Å². The Balaban J connectivity index is 1.95. The monoisotopic (exact) mass is 351 g/mol. The van der Waals surface area contributed by atoms with Gasteiger partial charge in [-0.2, -0.15) is 4.31 Å². The molecule has 3 rings (SSSR count). The van der Waals surface area contributed by atoms with Crippen LogP contribution in [0.15, 0.2) is 29.2 Å². The molecule has 1 heterocycles. The maximum Gasteiger partial charge on any atom is 0.313 e. The van der Waals surface area contributed by atoms with Crippen LogP contribution in [0.3, 0.4) is 0 Å². The zero-order valence-corrected chi connectivity index (χ0v) is 15.1. The van der Waals surface area contributed by atoms with Crippen molar-refractivity contribution in [3.05, 3.63) is 29.8 Å². The lowest BCUT2D eigenvalue weighted by Gasteiger charge is -2.39. The highest BCUT2D eigenvalue weighted by atomic mass is 32.2. The number of hydrogen-bond acceptors (Lipinski definition) is 4. The zero-order chi connectivity index (χ0) is 17.4. The average Bonchev–Trinajstić information content (AvgIpc) is 2.97. The first-order valence-electron chi connectivity index (χ1n) is 8.67. The van der Waals surface area contributed by atoms with Gasteiger partial charge in [0.15, 0.2) is 0 Å². The molecule has 5 nitrogen and oxygen atoms in total. The Labute approximate surface area is 144 Å². The first kappa shape index (κ1) is 17.4. The van der Waals surface area contributed by atoms with Crippen molar-refractivity contribution < 1.29 is 17.9 Å². The van der Waals surface area contributed by atoms with Crippen LogP contribution in [0, 0.1) is 12.3 Å². The number of carbonyl (C=O) groups excluding carboxylic acids is 1. The normalized spacial score (nSPS) is 27.7. The van der Waals surface area contributed by atoms with E-state index in [1.807, 2.05) is 19.1 Å². The molecule has 0 spiro atoms. The molecule has 1 aliphatic heterocycles. The van der Waals surface area contributed by atoms with Crippen molar-refractivity contribution in [2.24, 2.45) is 5.41 Å². The molecule has 6 heteroatoms. The second-order valence-corrected chi connectivity index (χ2v) is 8.71. The van der Waals surface area contributed by atoms with Gasteiger partial charge >= 0.3 is 5.97 Å². The highest BCUT2D eigenvalue weighted by Crippen LogP contribution is 2.49. The highest BCUT2D eigenvalue weighted by molar-refractivity contribution is 7.89. The molecular weight excluding hydrogens is 326 g/mol. The number of nitrogens with zero attached hydrogens (tertiary/aromatic N) is 1. The quantitative estimate of drug-likeness (QED) is 0.783. The van der Waals surface area contributed by atoms with Crippen molar-refractivity contribution in [2.75, 3.05) is 13.2 Å². The third kappa shape index (κ3) is 2.75. The molecular formula is C18H25NO4S. The Morgan fingerprint density at radius 2 is 1.96 bits per heavy atom. The Bertz CT molecular complexity index is 713. The van der Waals surface area contributed by atoms with Gasteiger partial charge in [-0.05, 0) is 45.2 Å². The van der Waals surface area contributed by atoms with E-state index in [9.17, 15) is 13.2 Å². The van der Waals surface area contributed by atoms with Crippen LogP contribution in [0.25, 0.3) is 0 Å². The lowest BCUT2D eigenvalue weighted by molar-refractivity contribution is -0.158. The third-order valence-corrected chi connectivity index (χ3v) is 7.35. The second-order valence-electron chi connectivity index (χ2n) is 6.82. The Hall–Kier alpha value is -1.40. The van der Waals surface area contributed by atoms with Gasteiger partial charge in [0.1, 0.15) is 0 Å². The number of sulfonamides is 1. The molecule has 1 saturated carbocycles. The van der Waals surface area contributed by atoms with Crippen LogP contribution in [-0.4, -0.2) is 37.9 Å². The number of hydrogen-bond donors (Lipinski definition) is 0. The number of esters is 1. The maximum absolute atomic E-state index is 13.1. The lowest BCUT2D eigenvalue weighted by Crippen LogP contribution is -2.49. The molecule has 0 amide bonds. The third-order valence-electron chi connectivity index (χ3n) is 5.42. The topological polar surface area (TPSA) is 63.7 Å². The van der Waals surface area contributed by atoms with E-state index in [-0.39, 0.29) is 12.0 Å². The van der Waals surface area contributed by atoms with Crippen molar-refractivity contribution in [1.82, 2.24) is 4.31 Å². The summed E-state index contributed by atoms with van der Waals surface area (Å²) in [6.45, 7) is 4.44. The molecule has 1 saturated heterocycles. The summed E-state index contributed by atoms with van der Waals surface area (Å²) >= 11 is 0. The van der Waals surface area contributed by atoms with E-state index in [1.54, 1.807) is 23.4 Å². The fraction of sp³-hybridized carbons (Fsp3) is 0.611. The summed E-state index contributed by atoms with van der Waals surface area (Å²) in [5.41, 5.74) is 0.361. The molecule has 2 fully saturated rings. The van der Waals surface area contributed by atoms with E-state index in [0.717, 1.165) is 31.2 Å². The first-order chi connectivity index (χ1) is 11.4. The standard InChI is InChI=1S/C18H25NO4S/c1-3-23-17(20)18-11-5-4-6-16(18)19(13-12-18)24(21,22)15-9-7-14(2)8-10-15/h7-10,16H,3-6,11-13H2,1-2H3/t16-,18+/m0/s1. The predicted molar refractivity (Wildman–Crippen MR) is 91.0 cm³/mol. The fourth-order valence-corrected chi connectivity index (χ4v) is 5.87. The smallest absolute Gasteiger partial charge is 0.313 e. The number of rotatable bonds is 4. The summed E-state index contributed by atoms with van der Waals surface area (Å²) < 4.78 is 33.1. The zero-order valence-electron chi connectivity index (χ0n) is 14.3. The van der Waals surface area contributed by atoms with Crippen molar-refractivity contribution in [3.8, 4) is 0 Å². The average molecular weight is 351 g/mol.